The van der Waals surface area contributed by atoms with Crippen LogP contribution < -0.4 is 11.1 Å². The number of aliphatic hydroxyl groups excluding tert-OH is 1. The third-order valence-electron chi connectivity index (χ3n) is 2.70. The average Bonchev–Trinajstić information content (AvgIpc) is 2.35. The smallest absolute Gasteiger partial charge is 0.144 e. The number of aliphatic hydroxyl groups is 1. The fourth-order valence-electron chi connectivity index (χ4n) is 1.58. The summed E-state index contributed by atoms with van der Waals surface area (Å²) >= 11 is 0. The molecule has 0 radical (unpaired) electrons. The molecule has 17 heavy (non-hydrogen) atoms. The van der Waals surface area contributed by atoms with Crippen molar-refractivity contribution in [3.63, 3.8) is 0 Å². The molecule has 1 heterocycles. The predicted octanol–water partition coefficient (Wildman–Crippen LogP) is 1.36. The second-order valence-corrected chi connectivity index (χ2v) is 3.94. The lowest BCUT2D eigenvalue weighted by molar-refractivity contribution is 0.258. The van der Waals surface area contributed by atoms with Crippen LogP contribution in [0.4, 0.5) is 11.5 Å². The van der Waals surface area contributed by atoms with E-state index >= 15 is 0 Å². The molecule has 0 aliphatic rings. The lowest BCUT2D eigenvalue weighted by Gasteiger charge is -2.15. The van der Waals surface area contributed by atoms with Crippen molar-refractivity contribution in [2.24, 2.45) is 5.92 Å². The lowest BCUT2D eigenvalue weighted by atomic mass is 10.0. The Balaban J connectivity index is 2.65. The van der Waals surface area contributed by atoms with E-state index in [1.165, 1.54) is 6.20 Å². The predicted molar refractivity (Wildman–Crippen MR) is 67.3 cm³/mol. The summed E-state index contributed by atoms with van der Waals surface area (Å²) in [6.45, 7) is 2.95. The normalized spacial score (nSPS) is 11.8. The summed E-state index contributed by atoms with van der Waals surface area (Å²) in [5.74, 6) is 0.934. The Kier molecular flexibility index (Phi) is 5.24. The van der Waals surface area contributed by atoms with Crippen LogP contribution in [0.5, 0.6) is 0 Å². The monoisotopic (exact) mass is 234 g/mol. The Morgan fingerprint density at radius 2 is 2.41 bits per heavy atom. The Hall–Kier alpha value is -1.80. The maximum Gasteiger partial charge on any atom is 0.144 e. The number of rotatable bonds is 6. The third kappa shape index (κ3) is 3.93. The van der Waals surface area contributed by atoms with Crippen molar-refractivity contribution in [3.8, 4) is 6.07 Å². The van der Waals surface area contributed by atoms with Gasteiger partial charge in [0.1, 0.15) is 11.9 Å². The summed E-state index contributed by atoms with van der Waals surface area (Å²) in [6, 6.07) is 3.66. The molecule has 1 rings (SSSR count). The van der Waals surface area contributed by atoms with Crippen LogP contribution in [0.15, 0.2) is 12.3 Å². The number of aromatic nitrogens is 1. The van der Waals surface area contributed by atoms with Gasteiger partial charge in [0.2, 0.25) is 0 Å². The zero-order valence-corrected chi connectivity index (χ0v) is 9.98. The van der Waals surface area contributed by atoms with Crippen LogP contribution in [-0.2, 0) is 0 Å². The second kappa shape index (κ2) is 6.71. The average molecular weight is 234 g/mol. The van der Waals surface area contributed by atoms with Crippen LogP contribution >= 0.6 is 0 Å². The number of nitrogens with two attached hydrogens (primary N) is 1. The van der Waals surface area contributed by atoms with Gasteiger partial charge in [0, 0.05) is 13.2 Å². The minimum absolute atomic E-state index is 0.181. The van der Waals surface area contributed by atoms with Gasteiger partial charge in [0.15, 0.2) is 0 Å². The van der Waals surface area contributed by atoms with Crippen molar-refractivity contribution < 1.29 is 5.11 Å². The number of pyridine rings is 1. The summed E-state index contributed by atoms with van der Waals surface area (Å²) < 4.78 is 0. The van der Waals surface area contributed by atoms with Gasteiger partial charge in [-0.3, -0.25) is 0 Å². The zero-order valence-electron chi connectivity index (χ0n) is 9.98. The van der Waals surface area contributed by atoms with E-state index in [2.05, 4.69) is 23.3 Å². The number of nitrogen functional groups attached to an aromatic ring is 1. The van der Waals surface area contributed by atoms with Crippen molar-refractivity contribution in [3.05, 3.63) is 17.8 Å². The Morgan fingerprint density at radius 1 is 1.65 bits per heavy atom. The SMILES string of the molecule is CCC(CCO)CNc1ncc(N)cc1C#N. The molecule has 0 aliphatic heterocycles. The minimum atomic E-state index is 0.181. The highest BCUT2D eigenvalue weighted by atomic mass is 16.3. The Morgan fingerprint density at radius 3 is 3.00 bits per heavy atom. The van der Waals surface area contributed by atoms with Gasteiger partial charge >= 0.3 is 0 Å². The summed E-state index contributed by atoms with van der Waals surface area (Å²) in [7, 11) is 0. The van der Waals surface area contributed by atoms with E-state index in [9.17, 15) is 0 Å². The zero-order chi connectivity index (χ0) is 12.7. The van der Waals surface area contributed by atoms with Gasteiger partial charge in [-0.15, -0.1) is 0 Å². The summed E-state index contributed by atoms with van der Waals surface area (Å²) in [5, 5.41) is 21.0. The van der Waals surface area contributed by atoms with E-state index in [0.29, 0.717) is 29.5 Å². The molecule has 5 heteroatoms. The molecule has 0 aromatic carbocycles. The van der Waals surface area contributed by atoms with Crippen molar-refractivity contribution in [1.82, 2.24) is 4.98 Å². The highest BCUT2D eigenvalue weighted by Crippen LogP contribution is 2.16. The quantitative estimate of drug-likeness (QED) is 0.690. The molecular formula is C12H18N4O. The van der Waals surface area contributed by atoms with Crippen LogP contribution in [0.1, 0.15) is 25.3 Å². The standard InChI is InChI=1S/C12H18N4O/c1-2-9(3-4-17)7-15-12-10(6-13)5-11(14)8-16-12/h5,8-9,17H,2-4,7,14H2,1H3,(H,15,16). The van der Waals surface area contributed by atoms with Crippen LogP contribution in [0, 0.1) is 17.2 Å². The molecule has 1 aromatic rings. The van der Waals surface area contributed by atoms with Gasteiger partial charge in [-0.2, -0.15) is 5.26 Å². The topological polar surface area (TPSA) is 95.0 Å². The van der Waals surface area contributed by atoms with Gasteiger partial charge in [-0.25, -0.2) is 4.98 Å². The van der Waals surface area contributed by atoms with Crippen LogP contribution in [-0.4, -0.2) is 23.2 Å². The molecule has 4 N–H and O–H groups in total. The van der Waals surface area contributed by atoms with E-state index in [-0.39, 0.29) is 6.61 Å². The van der Waals surface area contributed by atoms with Gasteiger partial charge in [-0.05, 0) is 18.4 Å². The minimum Gasteiger partial charge on any atom is -0.397 e. The van der Waals surface area contributed by atoms with E-state index in [1.54, 1.807) is 6.07 Å². The van der Waals surface area contributed by atoms with Gasteiger partial charge in [0.25, 0.3) is 0 Å². The molecule has 0 aliphatic carbocycles. The van der Waals surface area contributed by atoms with E-state index in [1.807, 2.05) is 0 Å². The molecule has 0 amide bonds. The maximum atomic E-state index is 8.94. The van der Waals surface area contributed by atoms with E-state index in [4.69, 9.17) is 16.1 Å². The highest BCUT2D eigenvalue weighted by molar-refractivity contribution is 5.57. The number of nitriles is 1. The Labute approximate surface area is 101 Å². The van der Waals surface area contributed by atoms with E-state index < -0.39 is 0 Å². The lowest BCUT2D eigenvalue weighted by Crippen LogP contribution is -2.16. The Bertz CT molecular complexity index is 400. The van der Waals surface area contributed by atoms with Crippen molar-refractivity contribution in [1.29, 1.82) is 5.26 Å². The highest BCUT2D eigenvalue weighted by Gasteiger charge is 2.08. The third-order valence-corrected chi connectivity index (χ3v) is 2.70. The first-order chi connectivity index (χ1) is 8.21. The fourth-order valence-corrected chi connectivity index (χ4v) is 1.58. The molecule has 1 unspecified atom stereocenters. The molecule has 1 atom stereocenters. The van der Waals surface area contributed by atoms with Gasteiger partial charge < -0.3 is 16.2 Å². The first kappa shape index (κ1) is 13.3. The van der Waals surface area contributed by atoms with Crippen LogP contribution in [0.2, 0.25) is 0 Å². The van der Waals surface area contributed by atoms with Crippen molar-refractivity contribution in [2.45, 2.75) is 19.8 Å². The molecule has 0 spiro atoms. The maximum absolute atomic E-state index is 8.94. The number of nitrogens with one attached hydrogen (secondary N) is 1. The number of hydrogen-bond acceptors (Lipinski definition) is 5. The summed E-state index contributed by atoms with van der Waals surface area (Å²) in [6.07, 6.45) is 3.25. The number of nitrogens with zero attached hydrogens (tertiary/aromatic N) is 2. The molecule has 0 fully saturated rings. The van der Waals surface area contributed by atoms with Crippen molar-refractivity contribution in [2.75, 3.05) is 24.2 Å². The molecule has 92 valence electrons. The second-order valence-electron chi connectivity index (χ2n) is 3.94. The van der Waals surface area contributed by atoms with Gasteiger partial charge in [-0.1, -0.05) is 13.3 Å². The van der Waals surface area contributed by atoms with Crippen molar-refractivity contribution >= 4 is 11.5 Å². The molecule has 1 aromatic heterocycles. The molecular weight excluding hydrogens is 216 g/mol. The largest absolute Gasteiger partial charge is 0.397 e. The molecule has 0 saturated carbocycles. The van der Waals surface area contributed by atoms with Gasteiger partial charge in [0.05, 0.1) is 17.4 Å². The van der Waals surface area contributed by atoms with Crippen LogP contribution in [0.25, 0.3) is 0 Å². The summed E-state index contributed by atoms with van der Waals surface area (Å²) in [4.78, 5) is 4.09. The number of hydrogen-bond donors (Lipinski definition) is 3. The fraction of sp³-hybridized carbons (Fsp3) is 0.500. The molecule has 0 bridgehead atoms. The first-order valence-corrected chi connectivity index (χ1v) is 5.71. The van der Waals surface area contributed by atoms with Crippen LogP contribution in [0.3, 0.4) is 0 Å². The molecule has 5 nitrogen and oxygen atoms in total. The van der Waals surface area contributed by atoms with E-state index in [0.717, 1.165) is 12.8 Å². The number of anilines is 2. The first-order valence-electron chi connectivity index (χ1n) is 5.71. The molecule has 0 saturated heterocycles. The summed E-state index contributed by atoms with van der Waals surface area (Å²) in [5.41, 5.74) is 6.49.